The molecule has 1 unspecified atom stereocenters. The Morgan fingerprint density at radius 1 is 1.41 bits per heavy atom. The van der Waals surface area contributed by atoms with E-state index >= 15 is 0 Å². The van der Waals surface area contributed by atoms with Crippen molar-refractivity contribution >= 4 is 11.6 Å². The van der Waals surface area contributed by atoms with Gasteiger partial charge in [-0.3, -0.25) is 0 Å². The molecule has 0 aromatic carbocycles. The average molecular weight is 238 g/mol. The molecule has 0 aliphatic heterocycles. The van der Waals surface area contributed by atoms with Crippen LogP contribution in [0.4, 0.5) is 11.6 Å². The Balaban J connectivity index is 2.60. The van der Waals surface area contributed by atoms with Gasteiger partial charge in [0.05, 0.1) is 6.10 Å². The van der Waals surface area contributed by atoms with Gasteiger partial charge in [0.1, 0.15) is 18.0 Å². The van der Waals surface area contributed by atoms with E-state index in [2.05, 4.69) is 29.1 Å². The van der Waals surface area contributed by atoms with Crippen molar-refractivity contribution in [2.24, 2.45) is 5.92 Å². The Hall–Kier alpha value is -1.36. The highest BCUT2D eigenvalue weighted by Crippen LogP contribution is 2.17. The van der Waals surface area contributed by atoms with E-state index in [0.29, 0.717) is 18.3 Å². The second-order valence-corrected chi connectivity index (χ2v) is 4.60. The maximum atomic E-state index is 9.78. The van der Waals surface area contributed by atoms with E-state index in [9.17, 15) is 5.11 Å². The fraction of sp³-hybridized carbons (Fsp3) is 0.667. The molecule has 0 bridgehead atoms. The van der Waals surface area contributed by atoms with Crippen molar-refractivity contribution in [2.45, 2.75) is 39.7 Å². The zero-order valence-electron chi connectivity index (χ0n) is 10.8. The van der Waals surface area contributed by atoms with Crippen molar-refractivity contribution in [3.05, 3.63) is 11.9 Å². The van der Waals surface area contributed by atoms with E-state index in [0.717, 1.165) is 24.2 Å². The molecular weight excluding hydrogens is 216 g/mol. The number of nitrogens with one attached hydrogen (secondary N) is 1. The highest BCUT2D eigenvalue weighted by atomic mass is 16.3. The summed E-state index contributed by atoms with van der Waals surface area (Å²) in [6.07, 6.45) is 2.62. The third kappa shape index (κ3) is 4.19. The van der Waals surface area contributed by atoms with Crippen molar-refractivity contribution in [1.82, 2.24) is 9.97 Å². The highest BCUT2D eigenvalue weighted by molar-refractivity contribution is 5.54. The minimum atomic E-state index is -0.365. The maximum absolute atomic E-state index is 9.78. The molecule has 0 spiro atoms. The number of nitrogen functional groups attached to an aromatic ring is 1. The fourth-order valence-corrected chi connectivity index (χ4v) is 1.77. The molecule has 0 fully saturated rings. The first-order valence-corrected chi connectivity index (χ1v) is 6.05. The van der Waals surface area contributed by atoms with E-state index in [1.54, 1.807) is 0 Å². The molecule has 0 aliphatic rings. The van der Waals surface area contributed by atoms with Crippen molar-refractivity contribution in [1.29, 1.82) is 0 Å². The number of nitrogens with two attached hydrogens (primary N) is 1. The molecule has 0 aliphatic carbocycles. The fourth-order valence-electron chi connectivity index (χ4n) is 1.77. The summed E-state index contributed by atoms with van der Waals surface area (Å²) >= 11 is 0. The van der Waals surface area contributed by atoms with Gasteiger partial charge in [-0.2, -0.15) is 0 Å². The van der Waals surface area contributed by atoms with Crippen LogP contribution in [0.3, 0.4) is 0 Å². The van der Waals surface area contributed by atoms with Crippen LogP contribution in [-0.2, 0) is 6.42 Å². The van der Waals surface area contributed by atoms with Gasteiger partial charge in [-0.1, -0.05) is 20.8 Å². The largest absolute Gasteiger partial charge is 0.391 e. The molecule has 1 aromatic rings. The summed E-state index contributed by atoms with van der Waals surface area (Å²) in [6, 6.07) is 0. The van der Waals surface area contributed by atoms with Gasteiger partial charge in [0.15, 0.2) is 0 Å². The Labute approximate surface area is 102 Å². The van der Waals surface area contributed by atoms with Gasteiger partial charge in [0.2, 0.25) is 0 Å². The van der Waals surface area contributed by atoms with Crippen LogP contribution in [0, 0.1) is 5.92 Å². The maximum Gasteiger partial charge on any atom is 0.134 e. The number of rotatable bonds is 6. The summed E-state index contributed by atoms with van der Waals surface area (Å²) in [4.78, 5) is 8.10. The molecule has 5 heteroatoms. The normalized spacial score (nSPS) is 12.8. The van der Waals surface area contributed by atoms with Crippen molar-refractivity contribution < 1.29 is 5.11 Å². The Morgan fingerprint density at radius 2 is 2.12 bits per heavy atom. The van der Waals surface area contributed by atoms with E-state index in [-0.39, 0.29) is 6.10 Å². The Morgan fingerprint density at radius 3 is 2.71 bits per heavy atom. The summed E-state index contributed by atoms with van der Waals surface area (Å²) in [5, 5.41) is 12.9. The minimum absolute atomic E-state index is 0.365. The first-order valence-electron chi connectivity index (χ1n) is 6.05. The van der Waals surface area contributed by atoms with E-state index in [4.69, 9.17) is 5.73 Å². The standard InChI is InChI=1S/C12H22N4O/c1-4-10-11(13)15-7-16-12(10)14-6-9(17)5-8(2)3/h7-9,17H,4-6H2,1-3H3,(H3,13,14,15,16). The zero-order valence-corrected chi connectivity index (χ0v) is 10.8. The second-order valence-electron chi connectivity index (χ2n) is 4.60. The van der Waals surface area contributed by atoms with E-state index in [1.165, 1.54) is 6.33 Å². The third-order valence-corrected chi connectivity index (χ3v) is 2.58. The van der Waals surface area contributed by atoms with Gasteiger partial charge in [0.25, 0.3) is 0 Å². The molecule has 0 saturated carbocycles. The molecule has 1 atom stereocenters. The van der Waals surface area contributed by atoms with Crippen LogP contribution < -0.4 is 11.1 Å². The molecule has 0 radical (unpaired) electrons. The molecular formula is C12H22N4O. The first-order chi connectivity index (χ1) is 8.04. The van der Waals surface area contributed by atoms with Crippen LogP contribution in [0.2, 0.25) is 0 Å². The minimum Gasteiger partial charge on any atom is -0.391 e. The van der Waals surface area contributed by atoms with Gasteiger partial charge in [-0.05, 0) is 18.8 Å². The van der Waals surface area contributed by atoms with Crippen LogP contribution >= 0.6 is 0 Å². The van der Waals surface area contributed by atoms with Crippen LogP contribution in [0.1, 0.15) is 32.8 Å². The van der Waals surface area contributed by atoms with Crippen LogP contribution in [-0.4, -0.2) is 27.7 Å². The summed E-state index contributed by atoms with van der Waals surface area (Å²) in [6.45, 7) is 6.67. The topological polar surface area (TPSA) is 84.1 Å². The number of anilines is 2. The van der Waals surface area contributed by atoms with Crippen LogP contribution in [0.25, 0.3) is 0 Å². The summed E-state index contributed by atoms with van der Waals surface area (Å²) in [7, 11) is 0. The van der Waals surface area contributed by atoms with E-state index < -0.39 is 0 Å². The third-order valence-electron chi connectivity index (χ3n) is 2.58. The van der Waals surface area contributed by atoms with Crippen LogP contribution in [0.5, 0.6) is 0 Å². The predicted molar refractivity (Wildman–Crippen MR) is 69.8 cm³/mol. The summed E-state index contributed by atoms with van der Waals surface area (Å²) < 4.78 is 0. The number of aromatic nitrogens is 2. The second kappa shape index (κ2) is 6.39. The quantitative estimate of drug-likeness (QED) is 0.698. The molecule has 0 saturated heterocycles. The molecule has 1 aromatic heterocycles. The average Bonchev–Trinajstić information content (AvgIpc) is 2.25. The van der Waals surface area contributed by atoms with Crippen molar-refractivity contribution in [2.75, 3.05) is 17.6 Å². The number of aliphatic hydroxyl groups is 1. The molecule has 17 heavy (non-hydrogen) atoms. The summed E-state index contributed by atoms with van der Waals surface area (Å²) in [5.74, 6) is 1.71. The molecule has 1 rings (SSSR count). The number of hydrogen-bond acceptors (Lipinski definition) is 5. The Kier molecular flexibility index (Phi) is 5.15. The first kappa shape index (κ1) is 13.7. The van der Waals surface area contributed by atoms with Gasteiger partial charge in [-0.25, -0.2) is 9.97 Å². The van der Waals surface area contributed by atoms with Gasteiger partial charge in [-0.15, -0.1) is 0 Å². The van der Waals surface area contributed by atoms with Crippen LogP contribution in [0.15, 0.2) is 6.33 Å². The lowest BCUT2D eigenvalue weighted by Gasteiger charge is -2.16. The molecule has 5 nitrogen and oxygen atoms in total. The molecule has 1 heterocycles. The smallest absolute Gasteiger partial charge is 0.134 e. The predicted octanol–water partition coefficient (Wildman–Crippen LogP) is 1.44. The molecule has 4 N–H and O–H groups in total. The SMILES string of the molecule is CCc1c(N)ncnc1NCC(O)CC(C)C. The lowest BCUT2D eigenvalue weighted by Crippen LogP contribution is -2.22. The van der Waals surface area contributed by atoms with Gasteiger partial charge >= 0.3 is 0 Å². The lowest BCUT2D eigenvalue weighted by atomic mass is 10.1. The highest BCUT2D eigenvalue weighted by Gasteiger charge is 2.10. The Bertz CT molecular complexity index is 354. The molecule has 96 valence electrons. The number of aliphatic hydroxyl groups excluding tert-OH is 1. The van der Waals surface area contributed by atoms with Crippen molar-refractivity contribution in [3.63, 3.8) is 0 Å². The number of nitrogens with zero attached hydrogens (tertiary/aromatic N) is 2. The lowest BCUT2D eigenvalue weighted by molar-refractivity contribution is 0.161. The van der Waals surface area contributed by atoms with Crippen molar-refractivity contribution in [3.8, 4) is 0 Å². The molecule has 0 amide bonds. The van der Waals surface area contributed by atoms with E-state index in [1.807, 2.05) is 6.92 Å². The van der Waals surface area contributed by atoms with Gasteiger partial charge in [0, 0.05) is 12.1 Å². The zero-order chi connectivity index (χ0) is 12.8. The summed E-state index contributed by atoms with van der Waals surface area (Å²) in [5.41, 5.74) is 6.67. The monoisotopic (exact) mass is 238 g/mol. The van der Waals surface area contributed by atoms with Gasteiger partial charge < -0.3 is 16.2 Å². The number of hydrogen-bond donors (Lipinski definition) is 3.